The van der Waals surface area contributed by atoms with Gasteiger partial charge in [0.2, 0.25) is 0 Å². The fourth-order valence-corrected chi connectivity index (χ4v) is 6.65. The number of carbonyl (C=O) groups is 1. The predicted molar refractivity (Wildman–Crippen MR) is 144 cm³/mol. The van der Waals surface area contributed by atoms with Crippen molar-refractivity contribution in [2.24, 2.45) is 11.0 Å². The predicted octanol–water partition coefficient (Wildman–Crippen LogP) is 6.43. The van der Waals surface area contributed by atoms with Gasteiger partial charge in [-0.2, -0.15) is 5.10 Å². The van der Waals surface area contributed by atoms with Crippen LogP contribution in [0.3, 0.4) is 0 Å². The highest BCUT2D eigenvalue weighted by Crippen LogP contribution is 2.45. The van der Waals surface area contributed by atoms with Gasteiger partial charge in [-0.05, 0) is 78.4 Å². The van der Waals surface area contributed by atoms with Crippen LogP contribution in [0.1, 0.15) is 40.6 Å². The van der Waals surface area contributed by atoms with Crippen LogP contribution in [0, 0.1) is 12.8 Å². The second-order valence-corrected chi connectivity index (χ2v) is 11.0. The summed E-state index contributed by atoms with van der Waals surface area (Å²) >= 11 is 3.36. The maximum absolute atomic E-state index is 13.5. The molecule has 6 rings (SSSR count). The molecular formula is C28H24N2O4S2. The molecule has 6 nitrogen and oxygen atoms in total. The zero-order chi connectivity index (χ0) is 24.6. The van der Waals surface area contributed by atoms with Crippen LogP contribution in [0.5, 0.6) is 5.75 Å². The number of allylic oxidation sites excluding steroid dienone is 1. The zero-order valence-corrected chi connectivity index (χ0v) is 21.3. The Balaban J connectivity index is 1.28. The Labute approximate surface area is 216 Å². The Morgan fingerprint density at radius 3 is 2.86 bits per heavy atom. The van der Waals surface area contributed by atoms with E-state index >= 15 is 0 Å². The summed E-state index contributed by atoms with van der Waals surface area (Å²) in [4.78, 5) is 27.6. The van der Waals surface area contributed by atoms with Gasteiger partial charge in [0.25, 0.3) is 5.91 Å². The molecule has 1 amide bonds. The lowest BCUT2D eigenvalue weighted by molar-refractivity contribution is -0.135. The second kappa shape index (κ2) is 9.52. The van der Waals surface area contributed by atoms with E-state index in [1.54, 1.807) is 39.8 Å². The van der Waals surface area contributed by atoms with E-state index in [-0.39, 0.29) is 24.5 Å². The lowest BCUT2D eigenvalue weighted by atomic mass is 9.79. The van der Waals surface area contributed by atoms with Crippen LogP contribution in [0.2, 0.25) is 0 Å². The lowest BCUT2D eigenvalue weighted by Gasteiger charge is -2.28. The number of nitrogens with zero attached hydrogens (tertiary/aromatic N) is 2. The average molecular weight is 517 g/mol. The zero-order valence-electron chi connectivity index (χ0n) is 19.7. The Morgan fingerprint density at radius 1 is 1.19 bits per heavy atom. The number of aryl methyl sites for hydroxylation is 1. The van der Waals surface area contributed by atoms with E-state index in [2.05, 4.69) is 29.7 Å². The molecule has 1 aliphatic heterocycles. The number of carbonyl (C=O) groups excluding carboxylic acids is 1. The maximum Gasteiger partial charge on any atom is 0.336 e. The summed E-state index contributed by atoms with van der Waals surface area (Å²) in [6, 6.07) is 14.9. The fourth-order valence-electron chi connectivity index (χ4n) is 5.10. The minimum Gasteiger partial charge on any atom is -0.484 e. The molecule has 0 N–H and O–H groups in total. The number of hydrogen-bond acceptors (Lipinski definition) is 7. The fraction of sp³-hybridized carbons (Fsp3) is 0.250. The van der Waals surface area contributed by atoms with E-state index in [1.165, 1.54) is 16.5 Å². The minimum absolute atomic E-state index is 0.125. The van der Waals surface area contributed by atoms with Crippen molar-refractivity contribution >= 4 is 51.3 Å². The third kappa shape index (κ3) is 4.31. The first kappa shape index (κ1) is 22.9. The summed E-state index contributed by atoms with van der Waals surface area (Å²) in [5, 5.41) is 11.5. The SMILES string of the molecule is Cc1cc(=O)oc2cc(OCC(=O)N3N=C4C(=Cc5cccs5)CCCC4C3c3cccs3)ccc12. The van der Waals surface area contributed by atoms with Crippen LogP contribution < -0.4 is 10.4 Å². The van der Waals surface area contributed by atoms with Crippen LogP contribution in [0.15, 0.2) is 79.2 Å². The van der Waals surface area contributed by atoms with Gasteiger partial charge in [0.15, 0.2) is 6.61 Å². The van der Waals surface area contributed by atoms with Crippen molar-refractivity contribution in [3.8, 4) is 5.75 Å². The van der Waals surface area contributed by atoms with Gasteiger partial charge in [-0.1, -0.05) is 12.1 Å². The number of hydrogen-bond donors (Lipinski definition) is 0. The highest BCUT2D eigenvalue weighted by molar-refractivity contribution is 7.11. The topological polar surface area (TPSA) is 72.1 Å². The smallest absolute Gasteiger partial charge is 0.336 e. The van der Waals surface area contributed by atoms with Gasteiger partial charge in [-0.25, -0.2) is 9.80 Å². The number of benzene rings is 1. The molecule has 1 fully saturated rings. The molecule has 2 aliphatic rings. The molecular weight excluding hydrogens is 492 g/mol. The van der Waals surface area contributed by atoms with Gasteiger partial charge in [0.05, 0.1) is 11.8 Å². The average Bonchev–Trinajstić information content (AvgIpc) is 3.63. The molecule has 2 unspecified atom stereocenters. The standard InChI is InChI=1S/C28H24N2O4S2/c1-17-13-26(32)34-23-15-19(9-10-21(17)23)33-16-25(31)30-28(24-8-4-12-36-24)22-7-2-5-18(27(22)29-30)14-20-6-3-11-35-20/h3-4,6,8-15,22,28H,2,5,7,16H2,1H3. The van der Waals surface area contributed by atoms with Gasteiger partial charge in [0, 0.05) is 33.2 Å². The number of amides is 1. The van der Waals surface area contributed by atoms with Crippen LogP contribution in [0.25, 0.3) is 17.0 Å². The van der Waals surface area contributed by atoms with E-state index in [9.17, 15) is 9.59 Å². The summed E-state index contributed by atoms with van der Waals surface area (Å²) in [5.41, 5.74) is 3.10. The molecule has 1 aromatic carbocycles. The van der Waals surface area contributed by atoms with Gasteiger partial charge >= 0.3 is 5.63 Å². The summed E-state index contributed by atoms with van der Waals surface area (Å²) < 4.78 is 11.2. The van der Waals surface area contributed by atoms with Gasteiger partial charge in [-0.15, -0.1) is 22.7 Å². The Kier molecular flexibility index (Phi) is 6.07. The number of hydrazone groups is 1. The maximum atomic E-state index is 13.5. The highest BCUT2D eigenvalue weighted by atomic mass is 32.1. The van der Waals surface area contributed by atoms with E-state index < -0.39 is 5.63 Å². The van der Waals surface area contributed by atoms with E-state index in [1.807, 2.05) is 24.4 Å². The first-order valence-corrected chi connectivity index (χ1v) is 13.7. The molecule has 2 atom stereocenters. The lowest BCUT2D eigenvalue weighted by Crippen LogP contribution is -2.34. The molecule has 0 radical (unpaired) electrons. The summed E-state index contributed by atoms with van der Waals surface area (Å²) in [5.74, 6) is 0.446. The highest BCUT2D eigenvalue weighted by Gasteiger charge is 2.44. The molecule has 4 aromatic rings. The largest absolute Gasteiger partial charge is 0.484 e. The van der Waals surface area contributed by atoms with Crippen molar-refractivity contribution in [1.29, 1.82) is 0 Å². The van der Waals surface area contributed by atoms with E-state index in [0.717, 1.165) is 40.8 Å². The molecule has 3 aromatic heterocycles. The van der Waals surface area contributed by atoms with Crippen molar-refractivity contribution < 1.29 is 13.9 Å². The Morgan fingerprint density at radius 2 is 2.06 bits per heavy atom. The van der Waals surface area contributed by atoms with Crippen molar-refractivity contribution in [3.05, 3.63) is 90.6 Å². The van der Waals surface area contributed by atoms with Gasteiger partial charge in [-0.3, -0.25) is 4.79 Å². The first-order valence-electron chi connectivity index (χ1n) is 11.9. The summed E-state index contributed by atoms with van der Waals surface area (Å²) in [6.45, 7) is 1.71. The van der Waals surface area contributed by atoms with Crippen LogP contribution in [-0.4, -0.2) is 23.2 Å². The van der Waals surface area contributed by atoms with Crippen LogP contribution in [0.4, 0.5) is 0 Å². The molecule has 1 aliphatic carbocycles. The number of fused-ring (bicyclic) bond motifs is 2. The normalized spacial score (nSPS) is 20.5. The molecule has 36 heavy (non-hydrogen) atoms. The molecule has 1 saturated carbocycles. The van der Waals surface area contributed by atoms with Gasteiger partial charge < -0.3 is 9.15 Å². The number of rotatable bonds is 5. The third-order valence-corrected chi connectivity index (χ3v) is 8.50. The molecule has 0 saturated heterocycles. The van der Waals surface area contributed by atoms with Crippen molar-refractivity contribution in [2.75, 3.05) is 6.61 Å². The van der Waals surface area contributed by atoms with Crippen LogP contribution >= 0.6 is 22.7 Å². The quantitative estimate of drug-likeness (QED) is 0.287. The molecule has 0 spiro atoms. The Bertz CT molecular complexity index is 1530. The molecule has 182 valence electrons. The van der Waals surface area contributed by atoms with E-state index in [4.69, 9.17) is 14.3 Å². The van der Waals surface area contributed by atoms with Gasteiger partial charge in [0.1, 0.15) is 11.3 Å². The van der Waals surface area contributed by atoms with E-state index in [0.29, 0.717) is 11.3 Å². The summed E-state index contributed by atoms with van der Waals surface area (Å²) in [6.07, 6.45) is 5.25. The second-order valence-electron chi connectivity index (χ2n) is 9.06. The van der Waals surface area contributed by atoms with Crippen molar-refractivity contribution in [3.63, 3.8) is 0 Å². The minimum atomic E-state index is -0.408. The summed E-state index contributed by atoms with van der Waals surface area (Å²) in [7, 11) is 0. The number of thiophene rings is 2. The van der Waals surface area contributed by atoms with Crippen molar-refractivity contribution in [2.45, 2.75) is 32.2 Å². The molecule has 0 bridgehead atoms. The third-order valence-electron chi connectivity index (χ3n) is 6.74. The first-order chi connectivity index (χ1) is 17.6. The molecule has 4 heterocycles. The Hall–Kier alpha value is -3.49. The van der Waals surface area contributed by atoms with Crippen molar-refractivity contribution in [1.82, 2.24) is 5.01 Å². The van der Waals surface area contributed by atoms with Crippen LogP contribution in [-0.2, 0) is 4.79 Å². The molecule has 8 heteroatoms. The monoisotopic (exact) mass is 516 g/mol. The number of ether oxygens (including phenoxy) is 1.